The number of nitrogens with two attached hydrogens (primary N) is 1. The number of non-ortho nitro benzene ring substituents is 1. The molecule has 0 saturated heterocycles. The number of nitro groups is 1. The van der Waals surface area contributed by atoms with E-state index in [2.05, 4.69) is 0 Å². The highest BCUT2D eigenvalue weighted by Crippen LogP contribution is 2.28. The average Bonchev–Trinajstić information content (AvgIpc) is 2.49. The fourth-order valence-corrected chi connectivity index (χ4v) is 2.23. The summed E-state index contributed by atoms with van der Waals surface area (Å²) in [6, 6.07) is 13.0. The lowest BCUT2D eigenvalue weighted by molar-refractivity contribution is -0.384. The van der Waals surface area contributed by atoms with Crippen molar-refractivity contribution in [1.29, 1.82) is 0 Å². The second kappa shape index (κ2) is 6.23. The second-order valence-corrected chi connectivity index (χ2v) is 4.73. The van der Waals surface area contributed by atoms with E-state index in [0.717, 1.165) is 11.3 Å². The number of nitro benzene ring substituents is 1. The molecule has 0 radical (unpaired) electrons. The van der Waals surface area contributed by atoms with Gasteiger partial charge < -0.3 is 15.7 Å². The molecule has 2 aromatic carbocycles. The van der Waals surface area contributed by atoms with E-state index in [4.69, 9.17) is 5.73 Å². The Labute approximate surface area is 122 Å². The summed E-state index contributed by atoms with van der Waals surface area (Å²) in [6.07, 6.45) is 0. The number of hydrogen-bond donors (Lipinski definition) is 2. The lowest BCUT2D eigenvalue weighted by atomic mass is 10.0. The first-order chi connectivity index (χ1) is 10.0. The van der Waals surface area contributed by atoms with Gasteiger partial charge in [0.15, 0.2) is 0 Å². The first-order valence-electron chi connectivity index (χ1n) is 6.49. The highest BCUT2D eigenvalue weighted by molar-refractivity contribution is 5.51. The van der Waals surface area contributed by atoms with Crippen LogP contribution in [0.1, 0.15) is 11.6 Å². The Morgan fingerprint density at radius 2 is 1.95 bits per heavy atom. The van der Waals surface area contributed by atoms with Crippen LogP contribution in [0.25, 0.3) is 0 Å². The molecule has 2 aromatic rings. The number of phenolic OH excluding ortho intramolecular Hbond substituents is 1. The van der Waals surface area contributed by atoms with E-state index in [0.29, 0.717) is 6.54 Å². The van der Waals surface area contributed by atoms with Gasteiger partial charge in [-0.1, -0.05) is 12.1 Å². The van der Waals surface area contributed by atoms with E-state index in [1.807, 2.05) is 18.0 Å². The molecular formula is C15H17N3O3. The van der Waals surface area contributed by atoms with Gasteiger partial charge in [-0.3, -0.25) is 10.1 Å². The number of benzene rings is 2. The van der Waals surface area contributed by atoms with Gasteiger partial charge in [-0.25, -0.2) is 0 Å². The van der Waals surface area contributed by atoms with E-state index in [-0.39, 0.29) is 17.5 Å². The van der Waals surface area contributed by atoms with Crippen LogP contribution in [0.4, 0.5) is 11.4 Å². The van der Waals surface area contributed by atoms with Gasteiger partial charge in [0.25, 0.3) is 5.69 Å². The highest BCUT2D eigenvalue weighted by atomic mass is 16.6. The zero-order valence-electron chi connectivity index (χ0n) is 11.6. The van der Waals surface area contributed by atoms with Crippen LogP contribution < -0.4 is 10.6 Å². The normalized spacial score (nSPS) is 11.9. The van der Waals surface area contributed by atoms with Gasteiger partial charge in [0.2, 0.25) is 0 Å². The monoisotopic (exact) mass is 287 g/mol. The first-order valence-corrected chi connectivity index (χ1v) is 6.49. The van der Waals surface area contributed by atoms with E-state index in [1.165, 1.54) is 12.1 Å². The zero-order valence-corrected chi connectivity index (χ0v) is 11.6. The first kappa shape index (κ1) is 14.8. The average molecular weight is 287 g/mol. The van der Waals surface area contributed by atoms with Gasteiger partial charge in [0.05, 0.1) is 11.0 Å². The topological polar surface area (TPSA) is 92.6 Å². The molecule has 6 heteroatoms. The lowest BCUT2D eigenvalue weighted by Gasteiger charge is -2.29. The minimum atomic E-state index is -0.419. The fourth-order valence-electron chi connectivity index (χ4n) is 2.23. The van der Waals surface area contributed by atoms with Crippen LogP contribution in [0.15, 0.2) is 48.5 Å². The molecule has 0 saturated carbocycles. The van der Waals surface area contributed by atoms with Gasteiger partial charge in [-0.05, 0) is 29.8 Å². The number of hydrogen-bond acceptors (Lipinski definition) is 5. The Hall–Kier alpha value is -2.60. The molecule has 3 N–H and O–H groups in total. The van der Waals surface area contributed by atoms with Crippen LogP contribution in [-0.4, -0.2) is 23.6 Å². The summed E-state index contributed by atoms with van der Waals surface area (Å²) in [5, 5.41) is 20.2. The third kappa shape index (κ3) is 3.29. The molecule has 0 bridgehead atoms. The van der Waals surface area contributed by atoms with Crippen molar-refractivity contribution in [2.45, 2.75) is 6.04 Å². The molecular weight excluding hydrogens is 270 g/mol. The van der Waals surface area contributed by atoms with Gasteiger partial charge >= 0.3 is 0 Å². The standard InChI is InChI=1S/C15H17N3O3/c1-17(12-5-7-14(19)8-6-12)15(10-16)11-3-2-4-13(9-11)18(20)21/h2-9,15,19H,10,16H2,1H3. The number of likely N-dealkylation sites (N-methyl/N-ethyl adjacent to an activating group) is 1. The lowest BCUT2D eigenvalue weighted by Crippen LogP contribution is -2.30. The maximum absolute atomic E-state index is 10.9. The Kier molecular flexibility index (Phi) is 4.39. The summed E-state index contributed by atoms with van der Waals surface area (Å²) in [6.45, 7) is 0.318. The van der Waals surface area contributed by atoms with Crippen molar-refractivity contribution in [3.63, 3.8) is 0 Å². The molecule has 0 aliphatic carbocycles. The van der Waals surface area contributed by atoms with Crippen molar-refractivity contribution < 1.29 is 10.0 Å². The third-order valence-corrected chi connectivity index (χ3v) is 3.41. The van der Waals surface area contributed by atoms with Crippen LogP contribution in [0.3, 0.4) is 0 Å². The van der Waals surface area contributed by atoms with Gasteiger partial charge in [-0.2, -0.15) is 0 Å². The minimum absolute atomic E-state index is 0.0463. The zero-order chi connectivity index (χ0) is 15.4. The predicted octanol–water partition coefficient (Wildman–Crippen LogP) is 2.44. The predicted molar refractivity (Wildman–Crippen MR) is 81.4 cm³/mol. The van der Waals surface area contributed by atoms with Crippen LogP contribution in [0.5, 0.6) is 5.75 Å². The van der Waals surface area contributed by atoms with Crippen molar-refractivity contribution in [2.75, 3.05) is 18.5 Å². The maximum Gasteiger partial charge on any atom is 0.269 e. The minimum Gasteiger partial charge on any atom is -0.508 e. The quantitative estimate of drug-likeness (QED) is 0.651. The van der Waals surface area contributed by atoms with E-state index >= 15 is 0 Å². The van der Waals surface area contributed by atoms with Crippen molar-refractivity contribution in [3.8, 4) is 5.75 Å². The SMILES string of the molecule is CN(c1ccc(O)cc1)C(CN)c1cccc([N+](=O)[O-])c1. The second-order valence-electron chi connectivity index (χ2n) is 4.73. The van der Waals surface area contributed by atoms with Crippen molar-refractivity contribution in [1.82, 2.24) is 0 Å². The molecule has 0 spiro atoms. The van der Waals surface area contributed by atoms with Crippen LogP contribution in [-0.2, 0) is 0 Å². The molecule has 110 valence electrons. The number of anilines is 1. The number of rotatable bonds is 5. The summed E-state index contributed by atoms with van der Waals surface area (Å²) in [7, 11) is 1.86. The summed E-state index contributed by atoms with van der Waals surface area (Å²) in [5.41, 5.74) is 7.53. The molecule has 21 heavy (non-hydrogen) atoms. The van der Waals surface area contributed by atoms with Gasteiger partial charge in [0.1, 0.15) is 5.75 Å². The molecule has 0 heterocycles. The summed E-state index contributed by atoms with van der Waals surface area (Å²) in [5.74, 6) is 0.187. The third-order valence-electron chi connectivity index (χ3n) is 3.41. The van der Waals surface area contributed by atoms with Crippen LogP contribution >= 0.6 is 0 Å². The summed E-state index contributed by atoms with van der Waals surface area (Å²) < 4.78 is 0. The van der Waals surface area contributed by atoms with E-state index in [1.54, 1.807) is 30.3 Å². The van der Waals surface area contributed by atoms with Crippen LogP contribution in [0.2, 0.25) is 0 Å². The fraction of sp³-hybridized carbons (Fsp3) is 0.200. The molecule has 0 amide bonds. The van der Waals surface area contributed by atoms with Gasteiger partial charge in [-0.15, -0.1) is 0 Å². The number of phenols is 1. The highest BCUT2D eigenvalue weighted by Gasteiger charge is 2.18. The molecule has 6 nitrogen and oxygen atoms in total. The Morgan fingerprint density at radius 3 is 2.52 bits per heavy atom. The smallest absolute Gasteiger partial charge is 0.269 e. The molecule has 2 rings (SSSR count). The van der Waals surface area contributed by atoms with Crippen molar-refractivity contribution in [2.24, 2.45) is 5.73 Å². The number of aromatic hydroxyl groups is 1. The maximum atomic E-state index is 10.9. The molecule has 0 fully saturated rings. The van der Waals surface area contributed by atoms with Crippen molar-refractivity contribution in [3.05, 3.63) is 64.2 Å². The molecule has 0 aromatic heterocycles. The molecule has 0 aliphatic rings. The van der Waals surface area contributed by atoms with E-state index in [9.17, 15) is 15.2 Å². The van der Waals surface area contributed by atoms with Crippen LogP contribution in [0, 0.1) is 10.1 Å². The number of nitrogens with zero attached hydrogens (tertiary/aromatic N) is 2. The Morgan fingerprint density at radius 1 is 1.29 bits per heavy atom. The summed E-state index contributed by atoms with van der Waals surface area (Å²) >= 11 is 0. The van der Waals surface area contributed by atoms with E-state index < -0.39 is 4.92 Å². The Bertz CT molecular complexity index is 628. The Balaban J connectivity index is 2.32. The largest absolute Gasteiger partial charge is 0.508 e. The molecule has 1 unspecified atom stereocenters. The summed E-state index contributed by atoms with van der Waals surface area (Å²) in [4.78, 5) is 12.4. The molecule has 1 atom stereocenters. The van der Waals surface area contributed by atoms with Gasteiger partial charge in [0, 0.05) is 31.4 Å². The van der Waals surface area contributed by atoms with Crippen molar-refractivity contribution >= 4 is 11.4 Å². The molecule has 0 aliphatic heterocycles.